The molecule has 0 radical (unpaired) electrons. The van der Waals surface area contributed by atoms with Gasteiger partial charge in [0.25, 0.3) is 0 Å². The Balaban J connectivity index is 1.72. The molecule has 0 aromatic carbocycles. The number of hydrogen-bond donors (Lipinski definition) is 1. The summed E-state index contributed by atoms with van der Waals surface area (Å²) in [6.45, 7) is 4.44. The highest BCUT2D eigenvalue weighted by molar-refractivity contribution is 7.09. The zero-order valence-corrected chi connectivity index (χ0v) is 13.0. The van der Waals surface area contributed by atoms with Gasteiger partial charge in [-0.05, 0) is 18.5 Å². The van der Waals surface area contributed by atoms with Gasteiger partial charge in [-0.2, -0.15) is 0 Å². The first kappa shape index (κ1) is 15.4. The van der Waals surface area contributed by atoms with Crippen LogP contribution in [0.4, 0.5) is 0 Å². The fourth-order valence-corrected chi connectivity index (χ4v) is 2.98. The lowest BCUT2D eigenvalue weighted by Crippen LogP contribution is -2.46. The minimum Gasteiger partial charge on any atom is -0.374 e. The van der Waals surface area contributed by atoms with Crippen LogP contribution >= 0.6 is 11.3 Å². The standard InChI is InChI=1S/C14H23N3O2S/c1-16(9-12-8-15-5-6-19-12)11-14(18)17(2)10-13-4-3-7-20-13/h3-4,7,12,15H,5-6,8-11H2,1-2H3. The molecule has 1 atom stereocenters. The normalized spacial score (nSPS) is 19.2. The minimum atomic E-state index is 0.143. The molecule has 1 aliphatic heterocycles. The minimum absolute atomic E-state index is 0.143. The Morgan fingerprint density at radius 1 is 1.55 bits per heavy atom. The second-order valence-electron chi connectivity index (χ2n) is 5.22. The van der Waals surface area contributed by atoms with Crippen molar-refractivity contribution in [2.45, 2.75) is 12.6 Å². The van der Waals surface area contributed by atoms with Crippen molar-refractivity contribution in [1.82, 2.24) is 15.1 Å². The van der Waals surface area contributed by atoms with Crippen LogP contribution in [0.5, 0.6) is 0 Å². The van der Waals surface area contributed by atoms with Gasteiger partial charge >= 0.3 is 0 Å². The summed E-state index contributed by atoms with van der Waals surface area (Å²) in [6, 6.07) is 4.07. The van der Waals surface area contributed by atoms with Gasteiger partial charge in [0.2, 0.25) is 5.91 Å². The molecule has 20 heavy (non-hydrogen) atoms. The zero-order chi connectivity index (χ0) is 14.4. The molecule has 6 heteroatoms. The lowest BCUT2D eigenvalue weighted by molar-refractivity contribution is -0.131. The first-order valence-corrected chi connectivity index (χ1v) is 7.80. The van der Waals surface area contributed by atoms with E-state index in [0.717, 1.165) is 26.2 Å². The number of rotatable bonds is 6. The Hall–Kier alpha value is -0.950. The van der Waals surface area contributed by atoms with Crippen LogP contribution in [0.25, 0.3) is 0 Å². The van der Waals surface area contributed by atoms with Crippen LogP contribution in [0.3, 0.4) is 0 Å². The Morgan fingerprint density at radius 3 is 3.05 bits per heavy atom. The van der Waals surface area contributed by atoms with Crippen LogP contribution in [0.15, 0.2) is 17.5 Å². The van der Waals surface area contributed by atoms with Crippen LogP contribution in [-0.2, 0) is 16.1 Å². The van der Waals surface area contributed by atoms with E-state index in [1.165, 1.54) is 4.88 Å². The van der Waals surface area contributed by atoms with Crippen molar-refractivity contribution >= 4 is 17.2 Å². The van der Waals surface area contributed by atoms with Gasteiger partial charge in [-0.3, -0.25) is 9.69 Å². The second kappa shape index (κ2) is 7.73. The average molecular weight is 297 g/mol. The predicted molar refractivity (Wildman–Crippen MR) is 80.9 cm³/mol. The van der Waals surface area contributed by atoms with Crippen molar-refractivity contribution in [2.24, 2.45) is 0 Å². The molecule has 0 aliphatic carbocycles. The molecule has 1 aliphatic rings. The molecule has 0 spiro atoms. The van der Waals surface area contributed by atoms with Crippen molar-refractivity contribution in [3.05, 3.63) is 22.4 Å². The number of nitrogens with zero attached hydrogens (tertiary/aromatic N) is 2. The van der Waals surface area contributed by atoms with Crippen molar-refractivity contribution in [2.75, 3.05) is 46.9 Å². The van der Waals surface area contributed by atoms with E-state index < -0.39 is 0 Å². The summed E-state index contributed by atoms with van der Waals surface area (Å²) in [6.07, 6.45) is 0.184. The number of ether oxygens (including phenoxy) is 1. The van der Waals surface area contributed by atoms with E-state index in [4.69, 9.17) is 4.74 Å². The maximum absolute atomic E-state index is 12.2. The maximum Gasteiger partial charge on any atom is 0.236 e. The van der Waals surface area contributed by atoms with Gasteiger partial charge < -0.3 is 15.0 Å². The summed E-state index contributed by atoms with van der Waals surface area (Å²) in [7, 11) is 3.82. The fraction of sp³-hybridized carbons (Fsp3) is 0.643. The Bertz CT molecular complexity index is 405. The number of carbonyl (C=O) groups is 1. The number of hydrogen-bond acceptors (Lipinski definition) is 5. The highest BCUT2D eigenvalue weighted by Crippen LogP contribution is 2.11. The van der Waals surface area contributed by atoms with Gasteiger partial charge in [-0.15, -0.1) is 11.3 Å². The average Bonchev–Trinajstić information content (AvgIpc) is 2.92. The molecule has 1 saturated heterocycles. The molecule has 2 heterocycles. The third-order valence-electron chi connectivity index (χ3n) is 3.32. The Labute approximate surface area is 124 Å². The van der Waals surface area contributed by atoms with E-state index in [9.17, 15) is 4.79 Å². The van der Waals surface area contributed by atoms with E-state index in [1.54, 1.807) is 16.2 Å². The highest BCUT2D eigenvalue weighted by atomic mass is 32.1. The van der Waals surface area contributed by atoms with Crippen molar-refractivity contribution in [3.8, 4) is 0 Å². The number of nitrogens with one attached hydrogen (secondary N) is 1. The van der Waals surface area contributed by atoms with Crippen LogP contribution in [0, 0.1) is 0 Å². The summed E-state index contributed by atoms with van der Waals surface area (Å²) >= 11 is 1.68. The molecular formula is C14H23N3O2S. The highest BCUT2D eigenvalue weighted by Gasteiger charge is 2.18. The maximum atomic E-state index is 12.2. The number of carbonyl (C=O) groups excluding carboxylic acids is 1. The lowest BCUT2D eigenvalue weighted by atomic mass is 10.3. The molecule has 1 aromatic heterocycles. The topological polar surface area (TPSA) is 44.8 Å². The van der Waals surface area contributed by atoms with Crippen molar-refractivity contribution in [3.63, 3.8) is 0 Å². The van der Waals surface area contributed by atoms with Crippen LogP contribution in [0.2, 0.25) is 0 Å². The van der Waals surface area contributed by atoms with Gasteiger partial charge in [0, 0.05) is 31.6 Å². The SMILES string of the molecule is CN(CC(=O)N(C)Cc1cccs1)CC1CNCCO1. The Kier molecular flexibility index (Phi) is 5.97. The summed E-state index contributed by atoms with van der Waals surface area (Å²) in [4.78, 5) is 17.2. The molecule has 0 bridgehead atoms. The van der Waals surface area contributed by atoms with E-state index in [1.807, 2.05) is 30.4 Å². The molecule has 1 N–H and O–H groups in total. The molecule has 5 nitrogen and oxygen atoms in total. The monoisotopic (exact) mass is 297 g/mol. The van der Waals surface area contributed by atoms with Gasteiger partial charge in [-0.1, -0.05) is 6.07 Å². The molecule has 1 fully saturated rings. The van der Waals surface area contributed by atoms with E-state index in [0.29, 0.717) is 13.1 Å². The van der Waals surface area contributed by atoms with Gasteiger partial charge in [0.05, 0.1) is 25.8 Å². The number of morpholine rings is 1. The largest absolute Gasteiger partial charge is 0.374 e. The summed E-state index contributed by atoms with van der Waals surface area (Å²) < 4.78 is 5.65. The lowest BCUT2D eigenvalue weighted by Gasteiger charge is -2.28. The number of likely N-dealkylation sites (N-methyl/N-ethyl adjacent to an activating group) is 2. The first-order chi connectivity index (χ1) is 9.65. The molecule has 112 valence electrons. The number of thiophene rings is 1. The van der Waals surface area contributed by atoms with E-state index in [-0.39, 0.29) is 12.0 Å². The molecule has 1 aromatic rings. The van der Waals surface area contributed by atoms with E-state index in [2.05, 4.69) is 11.4 Å². The van der Waals surface area contributed by atoms with Crippen molar-refractivity contribution in [1.29, 1.82) is 0 Å². The molecule has 1 unspecified atom stereocenters. The fourth-order valence-electron chi connectivity index (χ4n) is 2.23. The summed E-state index contributed by atoms with van der Waals surface area (Å²) in [5.41, 5.74) is 0. The van der Waals surface area contributed by atoms with Gasteiger partial charge in [0.15, 0.2) is 0 Å². The molecule has 0 saturated carbocycles. The first-order valence-electron chi connectivity index (χ1n) is 6.92. The predicted octanol–water partition coefficient (Wildman–Crippen LogP) is 0.627. The third-order valence-corrected chi connectivity index (χ3v) is 4.18. The van der Waals surface area contributed by atoms with E-state index >= 15 is 0 Å². The van der Waals surface area contributed by atoms with Crippen molar-refractivity contribution < 1.29 is 9.53 Å². The summed E-state index contributed by atoms with van der Waals surface area (Å²) in [5.74, 6) is 0.143. The van der Waals surface area contributed by atoms with Crippen LogP contribution in [-0.4, -0.2) is 68.7 Å². The van der Waals surface area contributed by atoms with Crippen LogP contribution < -0.4 is 5.32 Å². The van der Waals surface area contributed by atoms with Gasteiger partial charge in [0.1, 0.15) is 0 Å². The molecule has 2 rings (SSSR count). The smallest absolute Gasteiger partial charge is 0.236 e. The van der Waals surface area contributed by atoms with Crippen LogP contribution in [0.1, 0.15) is 4.88 Å². The molecule has 1 amide bonds. The quantitative estimate of drug-likeness (QED) is 0.836. The third kappa shape index (κ3) is 4.86. The Morgan fingerprint density at radius 2 is 2.40 bits per heavy atom. The van der Waals surface area contributed by atoms with Gasteiger partial charge in [-0.25, -0.2) is 0 Å². The zero-order valence-electron chi connectivity index (χ0n) is 12.2. The summed E-state index contributed by atoms with van der Waals surface area (Å²) in [5, 5.41) is 5.34. The second-order valence-corrected chi connectivity index (χ2v) is 6.26. The number of amides is 1. The molecular weight excluding hydrogens is 274 g/mol.